The van der Waals surface area contributed by atoms with E-state index in [0.29, 0.717) is 4.88 Å². The average Bonchev–Trinajstić information content (AvgIpc) is 2.97. The summed E-state index contributed by atoms with van der Waals surface area (Å²) in [6.45, 7) is 5.14. The molecule has 128 valence electrons. The molecule has 0 aliphatic rings. The summed E-state index contributed by atoms with van der Waals surface area (Å²) < 4.78 is 14.5. The third kappa shape index (κ3) is 5.55. The summed E-state index contributed by atoms with van der Waals surface area (Å²) in [5.41, 5.74) is -0.712. The summed E-state index contributed by atoms with van der Waals surface area (Å²) in [6, 6.07) is 2.51. The number of rotatable bonds is 5. The molecule has 0 saturated carbocycles. The lowest BCUT2D eigenvalue weighted by atomic mass is 9.98. The molecule has 1 amide bonds. The first-order chi connectivity index (χ1) is 10.7. The van der Waals surface area contributed by atoms with E-state index in [0.717, 1.165) is 14.2 Å². The summed E-state index contributed by atoms with van der Waals surface area (Å²) in [5, 5.41) is 4.32. The van der Waals surface area contributed by atoms with Gasteiger partial charge < -0.3 is 19.5 Å². The third-order valence-electron chi connectivity index (χ3n) is 2.77. The van der Waals surface area contributed by atoms with E-state index < -0.39 is 35.6 Å². The zero-order valence-electron chi connectivity index (χ0n) is 13.7. The summed E-state index contributed by atoms with van der Waals surface area (Å²) in [4.78, 5) is 36.7. The maximum Gasteiger partial charge on any atom is 0.408 e. The number of methoxy groups -OCH3 is 2. The number of esters is 2. The van der Waals surface area contributed by atoms with Crippen molar-refractivity contribution in [2.24, 2.45) is 5.92 Å². The van der Waals surface area contributed by atoms with Gasteiger partial charge in [-0.05, 0) is 32.2 Å². The molecule has 1 atom stereocenters. The molecule has 0 bridgehead atoms. The van der Waals surface area contributed by atoms with E-state index in [1.54, 1.807) is 38.3 Å². The summed E-state index contributed by atoms with van der Waals surface area (Å²) in [5.74, 6) is -2.92. The van der Waals surface area contributed by atoms with E-state index in [-0.39, 0.29) is 0 Å². The molecular weight excluding hydrogens is 322 g/mol. The van der Waals surface area contributed by atoms with Crippen LogP contribution in [0.4, 0.5) is 4.79 Å². The van der Waals surface area contributed by atoms with E-state index in [4.69, 9.17) is 4.74 Å². The molecule has 0 fully saturated rings. The van der Waals surface area contributed by atoms with Crippen LogP contribution in [0.3, 0.4) is 0 Å². The van der Waals surface area contributed by atoms with Crippen molar-refractivity contribution in [1.29, 1.82) is 0 Å². The molecule has 1 rings (SSSR count). The monoisotopic (exact) mass is 343 g/mol. The van der Waals surface area contributed by atoms with E-state index in [1.807, 2.05) is 0 Å². The van der Waals surface area contributed by atoms with Gasteiger partial charge in [-0.15, -0.1) is 11.3 Å². The van der Waals surface area contributed by atoms with Crippen LogP contribution in [0, 0.1) is 5.92 Å². The van der Waals surface area contributed by atoms with Crippen molar-refractivity contribution in [3.63, 3.8) is 0 Å². The number of carbonyl (C=O) groups is 3. The molecule has 7 nitrogen and oxygen atoms in total. The van der Waals surface area contributed by atoms with Crippen LogP contribution in [0.2, 0.25) is 0 Å². The number of hydrogen-bond donors (Lipinski definition) is 1. The van der Waals surface area contributed by atoms with E-state index in [1.165, 1.54) is 11.3 Å². The Morgan fingerprint density at radius 3 is 2.09 bits per heavy atom. The highest BCUT2D eigenvalue weighted by atomic mass is 32.1. The van der Waals surface area contributed by atoms with Gasteiger partial charge in [0.2, 0.25) is 0 Å². The van der Waals surface area contributed by atoms with Gasteiger partial charge in [-0.3, -0.25) is 9.59 Å². The molecular formula is C15H21NO6S. The van der Waals surface area contributed by atoms with Crippen molar-refractivity contribution in [2.45, 2.75) is 32.4 Å². The van der Waals surface area contributed by atoms with Gasteiger partial charge >= 0.3 is 18.0 Å². The Hall–Kier alpha value is -2.09. The Balaban J connectivity index is 3.11. The average molecular weight is 343 g/mol. The number of nitrogens with one attached hydrogen (secondary N) is 1. The Morgan fingerprint density at radius 2 is 1.70 bits per heavy atom. The highest BCUT2D eigenvalue weighted by Crippen LogP contribution is 2.28. The Bertz CT molecular complexity index is 533. The minimum absolute atomic E-state index is 0.608. The fraction of sp³-hybridized carbons (Fsp3) is 0.533. The molecule has 8 heteroatoms. The van der Waals surface area contributed by atoms with Crippen LogP contribution in [0.5, 0.6) is 0 Å². The summed E-state index contributed by atoms with van der Waals surface area (Å²) >= 11 is 1.29. The maximum atomic E-state index is 12.1. The molecule has 1 aromatic heterocycles. The van der Waals surface area contributed by atoms with E-state index in [2.05, 4.69) is 14.8 Å². The van der Waals surface area contributed by atoms with Crippen LogP contribution in [0.25, 0.3) is 0 Å². The maximum absolute atomic E-state index is 12.1. The lowest BCUT2D eigenvalue weighted by Gasteiger charge is -2.26. The largest absolute Gasteiger partial charge is 0.468 e. The molecule has 0 aliphatic heterocycles. The molecule has 0 saturated heterocycles. The second kappa shape index (κ2) is 7.96. The third-order valence-corrected chi connectivity index (χ3v) is 3.72. The van der Waals surface area contributed by atoms with Crippen LogP contribution in [-0.2, 0) is 23.8 Å². The van der Waals surface area contributed by atoms with Crippen molar-refractivity contribution in [3.05, 3.63) is 22.4 Å². The minimum Gasteiger partial charge on any atom is -0.468 e. The van der Waals surface area contributed by atoms with Crippen LogP contribution in [0.15, 0.2) is 17.5 Å². The van der Waals surface area contributed by atoms with Crippen molar-refractivity contribution in [1.82, 2.24) is 5.32 Å². The second-order valence-corrected chi connectivity index (χ2v) is 6.64. The molecule has 0 unspecified atom stereocenters. The smallest absolute Gasteiger partial charge is 0.408 e. The highest BCUT2D eigenvalue weighted by Gasteiger charge is 2.40. The fourth-order valence-corrected chi connectivity index (χ4v) is 2.66. The molecule has 1 aromatic rings. The molecule has 0 aromatic carbocycles. The van der Waals surface area contributed by atoms with Crippen LogP contribution in [0.1, 0.15) is 31.7 Å². The number of carbonyl (C=O) groups excluding carboxylic acids is 3. The zero-order valence-corrected chi connectivity index (χ0v) is 14.6. The molecule has 0 radical (unpaired) electrons. The van der Waals surface area contributed by atoms with E-state index in [9.17, 15) is 14.4 Å². The van der Waals surface area contributed by atoms with Crippen LogP contribution < -0.4 is 5.32 Å². The van der Waals surface area contributed by atoms with Gasteiger partial charge in [-0.2, -0.15) is 0 Å². The second-order valence-electron chi connectivity index (χ2n) is 5.66. The Morgan fingerprint density at radius 1 is 1.13 bits per heavy atom. The van der Waals surface area contributed by atoms with Crippen LogP contribution >= 0.6 is 11.3 Å². The normalized spacial score (nSPS) is 12.4. The predicted octanol–water partition coefficient (Wildman–Crippen LogP) is 2.28. The zero-order chi connectivity index (χ0) is 17.6. The molecule has 1 heterocycles. The van der Waals surface area contributed by atoms with Crippen LogP contribution in [-0.4, -0.2) is 37.9 Å². The lowest BCUT2D eigenvalue weighted by Crippen LogP contribution is -2.43. The highest BCUT2D eigenvalue weighted by molar-refractivity contribution is 7.10. The first kappa shape index (κ1) is 19.0. The number of alkyl carbamates (subject to hydrolysis) is 1. The lowest BCUT2D eigenvalue weighted by molar-refractivity contribution is -0.160. The van der Waals surface area contributed by atoms with Crippen molar-refractivity contribution in [2.75, 3.05) is 14.2 Å². The van der Waals surface area contributed by atoms with Gasteiger partial charge in [0.15, 0.2) is 5.92 Å². The van der Waals surface area contributed by atoms with Crippen molar-refractivity contribution in [3.8, 4) is 0 Å². The van der Waals surface area contributed by atoms with Gasteiger partial charge in [-0.1, -0.05) is 6.07 Å². The number of ether oxygens (including phenoxy) is 3. The molecule has 23 heavy (non-hydrogen) atoms. The SMILES string of the molecule is COC(=O)C(C(=O)OC)[C@H](NC(=O)OC(C)(C)C)c1cccs1. The number of hydrogen-bond acceptors (Lipinski definition) is 7. The van der Waals surface area contributed by atoms with E-state index >= 15 is 0 Å². The first-order valence-electron chi connectivity index (χ1n) is 6.88. The number of amides is 1. The van der Waals surface area contributed by atoms with Gasteiger partial charge in [0.05, 0.1) is 20.3 Å². The molecule has 1 N–H and O–H groups in total. The van der Waals surface area contributed by atoms with Gasteiger partial charge in [0.1, 0.15) is 5.60 Å². The minimum atomic E-state index is -1.32. The first-order valence-corrected chi connectivity index (χ1v) is 7.76. The predicted molar refractivity (Wildman–Crippen MR) is 84.0 cm³/mol. The molecule has 0 spiro atoms. The van der Waals surface area contributed by atoms with Crippen molar-refractivity contribution < 1.29 is 28.6 Å². The number of thiophene rings is 1. The topological polar surface area (TPSA) is 90.9 Å². The van der Waals surface area contributed by atoms with Crippen molar-refractivity contribution >= 4 is 29.4 Å². The molecule has 0 aliphatic carbocycles. The summed E-state index contributed by atoms with van der Waals surface area (Å²) in [7, 11) is 2.33. The Kier molecular flexibility index (Phi) is 6.56. The van der Waals surface area contributed by atoms with Gasteiger partial charge in [0, 0.05) is 4.88 Å². The Labute approximate surface area is 138 Å². The quantitative estimate of drug-likeness (QED) is 0.501. The van der Waals surface area contributed by atoms with Gasteiger partial charge in [-0.25, -0.2) is 4.79 Å². The fourth-order valence-electron chi connectivity index (χ4n) is 1.84. The van der Waals surface area contributed by atoms with Gasteiger partial charge in [0.25, 0.3) is 0 Å². The standard InChI is InChI=1S/C15H21NO6S/c1-15(2,3)22-14(19)16-11(9-7-6-8-23-9)10(12(17)20-4)13(18)21-5/h6-8,10-11H,1-5H3,(H,16,19)/t11-/m1/s1. The summed E-state index contributed by atoms with van der Waals surface area (Å²) in [6.07, 6.45) is -0.742.